The fourth-order valence-corrected chi connectivity index (χ4v) is 4.70. The van der Waals surface area contributed by atoms with Gasteiger partial charge in [-0.2, -0.15) is 0 Å². The molecule has 8 heteroatoms. The summed E-state index contributed by atoms with van der Waals surface area (Å²) in [5.74, 6) is 0.0242. The number of β-amino-alcohol motifs (C(OH)–C–C–N with tert-alkyl or cyclic N) is 1. The Labute approximate surface area is 193 Å². The van der Waals surface area contributed by atoms with Crippen molar-refractivity contribution in [2.75, 3.05) is 71.4 Å². The van der Waals surface area contributed by atoms with E-state index in [-0.39, 0.29) is 24.1 Å². The second-order valence-corrected chi connectivity index (χ2v) is 9.29. The number of benzene rings is 1. The number of anilines is 1. The van der Waals surface area contributed by atoms with E-state index in [9.17, 15) is 9.90 Å². The average Bonchev–Trinajstić information content (AvgIpc) is 2.74. The Hall–Kier alpha value is -1.74. The SMILES string of the molecule is CN(C)c1ccc(Br)c(C2CC(=O)C(C=NCCN3CCN(CCO)CC3)=C(O)C2)c1. The van der Waals surface area contributed by atoms with Crippen LogP contribution in [0.1, 0.15) is 24.3 Å². The third-order valence-electron chi connectivity index (χ3n) is 6.07. The van der Waals surface area contributed by atoms with Gasteiger partial charge in [-0.05, 0) is 29.7 Å². The van der Waals surface area contributed by atoms with Crippen LogP contribution >= 0.6 is 15.9 Å². The van der Waals surface area contributed by atoms with E-state index >= 15 is 0 Å². The molecule has 0 bridgehead atoms. The first-order chi connectivity index (χ1) is 14.9. The van der Waals surface area contributed by atoms with E-state index in [0.29, 0.717) is 25.0 Å². The normalized spacial score (nSPS) is 21.3. The van der Waals surface area contributed by atoms with Gasteiger partial charge in [0.25, 0.3) is 0 Å². The first kappa shape index (κ1) is 23.9. The number of rotatable bonds is 8. The van der Waals surface area contributed by atoms with Crippen molar-refractivity contribution in [3.8, 4) is 0 Å². The molecule has 1 unspecified atom stereocenters. The highest BCUT2D eigenvalue weighted by Crippen LogP contribution is 2.38. The van der Waals surface area contributed by atoms with Crippen molar-refractivity contribution in [3.63, 3.8) is 0 Å². The minimum absolute atomic E-state index is 0.0471. The second-order valence-electron chi connectivity index (χ2n) is 8.43. The number of halogens is 1. The highest BCUT2D eigenvalue weighted by molar-refractivity contribution is 9.10. The largest absolute Gasteiger partial charge is 0.511 e. The molecule has 31 heavy (non-hydrogen) atoms. The number of Topliss-reactive ketones (excluding diaryl/α,β-unsaturated/α-hetero) is 1. The Morgan fingerprint density at radius 1 is 1.16 bits per heavy atom. The van der Waals surface area contributed by atoms with E-state index in [0.717, 1.165) is 55.0 Å². The number of hydrogen-bond donors (Lipinski definition) is 2. The number of allylic oxidation sites excluding steroid dienone is 2. The van der Waals surface area contributed by atoms with E-state index in [1.807, 2.05) is 31.1 Å². The van der Waals surface area contributed by atoms with Crippen molar-refractivity contribution in [1.82, 2.24) is 9.80 Å². The van der Waals surface area contributed by atoms with E-state index in [2.05, 4.69) is 36.8 Å². The van der Waals surface area contributed by atoms with Crippen LogP contribution in [0.5, 0.6) is 0 Å². The number of carbonyl (C=O) groups excluding carboxylic acids is 1. The van der Waals surface area contributed by atoms with E-state index in [1.165, 1.54) is 0 Å². The molecular weight excluding hydrogens is 460 g/mol. The molecule has 1 saturated heterocycles. The van der Waals surface area contributed by atoms with Gasteiger partial charge in [0, 0.05) is 82.6 Å². The van der Waals surface area contributed by atoms with Crippen molar-refractivity contribution in [3.05, 3.63) is 39.6 Å². The van der Waals surface area contributed by atoms with Crippen molar-refractivity contribution in [2.24, 2.45) is 4.99 Å². The first-order valence-electron chi connectivity index (χ1n) is 10.9. The van der Waals surface area contributed by atoms with Crippen LogP contribution in [0.3, 0.4) is 0 Å². The summed E-state index contributed by atoms with van der Waals surface area (Å²) in [4.78, 5) is 23.8. The maximum Gasteiger partial charge on any atom is 0.168 e. The molecule has 2 N–H and O–H groups in total. The molecular formula is C23H33BrN4O3. The van der Waals surface area contributed by atoms with Crippen molar-refractivity contribution in [2.45, 2.75) is 18.8 Å². The Morgan fingerprint density at radius 3 is 2.45 bits per heavy atom. The van der Waals surface area contributed by atoms with Gasteiger partial charge in [-0.3, -0.25) is 19.6 Å². The molecule has 2 aliphatic rings. The predicted octanol–water partition coefficient (Wildman–Crippen LogP) is 2.45. The summed E-state index contributed by atoms with van der Waals surface area (Å²) in [6.45, 7) is 6.22. The lowest BCUT2D eigenvalue weighted by Crippen LogP contribution is -2.47. The maximum atomic E-state index is 12.7. The summed E-state index contributed by atoms with van der Waals surface area (Å²) in [6.07, 6.45) is 2.37. The van der Waals surface area contributed by atoms with Gasteiger partial charge in [0.1, 0.15) is 5.76 Å². The van der Waals surface area contributed by atoms with Crippen LogP contribution in [0.15, 0.2) is 39.0 Å². The number of aliphatic hydroxyl groups is 2. The molecule has 1 aliphatic carbocycles. The van der Waals surface area contributed by atoms with Gasteiger partial charge in [-0.25, -0.2) is 0 Å². The summed E-state index contributed by atoms with van der Waals surface area (Å²) in [5.41, 5.74) is 2.46. The molecule has 7 nitrogen and oxygen atoms in total. The van der Waals surface area contributed by atoms with Gasteiger partial charge in [0.2, 0.25) is 0 Å². The standard InChI is InChI=1S/C23H33BrN4O3/c1-26(2)18-3-4-21(24)19(15-18)17-13-22(30)20(23(31)14-17)16-25-5-6-27-7-9-28(10-8-27)11-12-29/h3-4,15-17,29-30H,5-14H2,1-2H3. The zero-order valence-corrected chi connectivity index (χ0v) is 20.0. The summed E-state index contributed by atoms with van der Waals surface area (Å²) in [5, 5.41) is 19.6. The molecule has 1 atom stereocenters. The third kappa shape index (κ3) is 6.38. The van der Waals surface area contributed by atoms with Gasteiger partial charge in [0.05, 0.1) is 18.7 Å². The molecule has 0 amide bonds. The van der Waals surface area contributed by atoms with Gasteiger partial charge in [-0.15, -0.1) is 0 Å². The Bertz CT molecular complexity index is 832. The van der Waals surface area contributed by atoms with Crippen LogP contribution in [-0.2, 0) is 4.79 Å². The van der Waals surface area contributed by atoms with Crippen molar-refractivity contribution < 1.29 is 15.0 Å². The maximum absolute atomic E-state index is 12.7. The van der Waals surface area contributed by atoms with Gasteiger partial charge in [0.15, 0.2) is 5.78 Å². The van der Waals surface area contributed by atoms with E-state index < -0.39 is 0 Å². The van der Waals surface area contributed by atoms with Crippen LogP contribution in [0.2, 0.25) is 0 Å². The molecule has 1 aliphatic heterocycles. The molecule has 1 aromatic rings. The van der Waals surface area contributed by atoms with Crippen LogP contribution in [0.4, 0.5) is 5.69 Å². The lowest BCUT2D eigenvalue weighted by Gasteiger charge is -2.33. The zero-order valence-electron chi connectivity index (χ0n) is 18.4. The predicted molar refractivity (Wildman–Crippen MR) is 128 cm³/mol. The summed E-state index contributed by atoms with van der Waals surface area (Å²) >= 11 is 3.60. The number of piperazine rings is 1. The molecule has 170 valence electrons. The number of ketones is 1. The molecule has 0 radical (unpaired) electrons. The minimum Gasteiger partial charge on any atom is -0.511 e. The molecule has 1 aromatic carbocycles. The molecule has 0 saturated carbocycles. The minimum atomic E-state index is -0.0581. The number of aliphatic imine (C=N–C) groups is 1. The Morgan fingerprint density at radius 2 is 1.84 bits per heavy atom. The summed E-state index contributed by atoms with van der Waals surface area (Å²) in [6, 6.07) is 6.10. The Kier molecular flexibility index (Phi) is 8.66. The van der Waals surface area contributed by atoms with E-state index in [4.69, 9.17) is 5.11 Å². The number of aliphatic hydroxyl groups excluding tert-OH is 2. The molecule has 3 rings (SSSR count). The third-order valence-corrected chi connectivity index (χ3v) is 6.79. The quantitative estimate of drug-likeness (QED) is 0.542. The first-order valence-corrected chi connectivity index (χ1v) is 11.7. The van der Waals surface area contributed by atoms with Crippen LogP contribution in [0, 0.1) is 0 Å². The monoisotopic (exact) mass is 492 g/mol. The number of carbonyl (C=O) groups is 1. The fourth-order valence-electron chi connectivity index (χ4n) is 4.13. The van der Waals surface area contributed by atoms with Gasteiger partial charge in [-0.1, -0.05) is 15.9 Å². The lowest BCUT2D eigenvalue weighted by molar-refractivity contribution is -0.116. The second kappa shape index (κ2) is 11.2. The van der Waals surface area contributed by atoms with Crippen molar-refractivity contribution >= 4 is 33.6 Å². The molecule has 0 aromatic heterocycles. The lowest BCUT2D eigenvalue weighted by atomic mass is 9.83. The van der Waals surface area contributed by atoms with Crippen LogP contribution < -0.4 is 4.90 Å². The summed E-state index contributed by atoms with van der Waals surface area (Å²) < 4.78 is 0.958. The fraction of sp³-hybridized carbons (Fsp3) is 0.565. The highest BCUT2D eigenvalue weighted by atomic mass is 79.9. The van der Waals surface area contributed by atoms with Gasteiger partial charge < -0.3 is 15.1 Å². The van der Waals surface area contributed by atoms with Gasteiger partial charge >= 0.3 is 0 Å². The number of nitrogens with zero attached hydrogens (tertiary/aromatic N) is 4. The zero-order chi connectivity index (χ0) is 22.4. The Balaban J connectivity index is 1.56. The topological polar surface area (TPSA) is 79.6 Å². The molecule has 1 fully saturated rings. The smallest absolute Gasteiger partial charge is 0.168 e. The van der Waals surface area contributed by atoms with Crippen LogP contribution in [-0.4, -0.2) is 98.5 Å². The van der Waals surface area contributed by atoms with Crippen molar-refractivity contribution in [1.29, 1.82) is 0 Å². The van der Waals surface area contributed by atoms with Crippen LogP contribution in [0.25, 0.3) is 0 Å². The summed E-state index contributed by atoms with van der Waals surface area (Å²) in [7, 11) is 3.97. The molecule has 1 heterocycles. The highest BCUT2D eigenvalue weighted by Gasteiger charge is 2.29. The van der Waals surface area contributed by atoms with E-state index in [1.54, 1.807) is 6.21 Å². The number of hydrogen-bond acceptors (Lipinski definition) is 7. The molecule has 0 spiro atoms. The average molecular weight is 493 g/mol.